The number of hydrogen-bond donors (Lipinski definition) is 2. The number of hydrogen-bond acceptors (Lipinski definition) is 4. The lowest BCUT2D eigenvalue weighted by Crippen LogP contribution is -2.45. The van der Waals surface area contributed by atoms with E-state index < -0.39 is 23.6 Å². The second-order valence-corrected chi connectivity index (χ2v) is 3.53. The first-order valence-corrected chi connectivity index (χ1v) is 4.07. The first-order chi connectivity index (χ1) is 5.94. The molecule has 0 aromatic heterocycles. The van der Waals surface area contributed by atoms with Crippen molar-refractivity contribution < 1.29 is 19.7 Å². The minimum Gasteiger partial charge on any atom is -0.468 e. The fourth-order valence-electron chi connectivity index (χ4n) is 1.60. The molecule has 0 fully saturated rings. The average molecular weight is 186 g/mol. The SMILES string of the molecule is COC(=O)[C@]1(C)C(O)C(C)=C[C@H]1O. The molecule has 0 amide bonds. The molecule has 4 heteroatoms. The van der Waals surface area contributed by atoms with Gasteiger partial charge in [0.15, 0.2) is 0 Å². The minimum atomic E-state index is -1.25. The fraction of sp³-hybridized carbons (Fsp3) is 0.667. The predicted molar refractivity (Wildman–Crippen MR) is 45.9 cm³/mol. The van der Waals surface area contributed by atoms with Crippen LogP contribution in [0.3, 0.4) is 0 Å². The number of aliphatic hydroxyl groups excluding tert-OH is 2. The van der Waals surface area contributed by atoms with Gasteiger partial charge in [-0.3, -0.25) is 4.79 Å². The van der Waals surface area contributed by atoms with Crippen molar-refractivity contribution in [2.45, 2.75) is 26.1 Å². The Labute approximate surface area is 76.8 Å². The molecular weight excluding hydrogens is 172 g/mol. The summed E-state index contributed by atoms with van der Waals surface area (Å²) in [6.07, 6.45) is -0.466. The summed E-state index contributed by atoms with van der Waals surface area (Å²) in [6, 6.07) is 0. The van der Waals surface area contributed by atoms with Crippen LogP contribution in [0.1, 0.15) is 13.8 Å². The number of carbonyl (C=O) groups is 1. The first-order valence-electron chi connectivity index (χ1n) is 4.07. The molecule has 0 aliphatic heterocycles. The summed E-state index contributed by atoms with van der Waals surface area (Å²) in [5.74, 6) is -0.597. The smallest absolute Gasteiger partial charge is 0.317 e. The third-order valence-corrected chi connectivity index (χ3v) is 2.66. The van der Waals surface area contributed by atoms with E-state index in [1.807, 2.05) is 0 Å². The molecule has 0 spiro atoms. The van der Waals surface area contributed by atoms with Gasteiger partial charge in [-0.2, -0.15) is 0 Å². The van der Waals surface area contributed by atoms with Crippen LogP contribution >= 0.6 is 0 Å². The van der Waals surface area contributed by atoms with E-state index in [0.29, 0.717) is 5.57 Å². The number of ether oxygens (including phenoxy) is 1. The topological polar surface area (TPSA) is 66.8 Å². The number of aliphatic hydroxyl groups is 2. The van der Waals surface area contributed by atoms with E-state index in [1.54, 1.807) is 6.92 Å². The number of esters is 1. The lowest BCUT2D eigenvalue weighted by Gasteiger charge is -2.28. The van der Waals surface area contributed by atoms with Gasteiger partial charge < -0.3 is 14.9 Å². The second-order valence-electron chi connectivity index (χ2n) is 3.53. The molecule has 13 heavy (non-hydrogen) atoms. The van der Waals surface area contributed by atoms with Gasteiger partial charge in [0.25, 0.3) is 0 Å². The largest absolute Gasteiger partial charge is 0.468 e. The highest BCUT2D eigenvalue weighted by atomic mass is 16.5. The normalized spacial score (nSPS) is 38.7. The molecular formula is C9H14O4. The highest BCUT2D eigenvalue weighted by molar-refractivity contribution is 5.80. The van der Waals surface area contributed by atoms with Crippen molar-refractivity contribution in [1.29, 1.82) is 0 Å². The van der Waals surface area contributed by atoms with Crippen LogP contribution < -0.4 is 0 Å². The van der Waals surface area contributed by atoms with Crippen LogP contribution in [0.25, 0.3) is 0 Å². The zero-order chi connectivity index (χ0) is 10.2. The molecule has 1 rings (SSSR count). The molecule has 0 radical (unpaired) electrons. The Morgan fingerprint density at radius 2 is 2.15 bits per heavy atom. The van der Waals surface area contributed by atoms with Gasteiger partial charge in [0.2, 0.25) is 0 Å². The summed E-state index contributed by atoms with van der Waals surface area (Å²) < 4.78 is 4.53. The van der Waals surface area contributed by atoms with E-state index in [4.69, 9.17) is 0 Å². The molecule has 74 valence electrons. The highest BCUT2D eigenvalue weighted by Gasteiger charge is 2.51. The van der Waals surface area contributed by atoms with Crippen LogP contribution in [0, 0.1) is 5.41 Å². The minimum absolute atomic E-state index is 0.597. The van der Waals surface area contributed by atoms with Crippen LogP contribution in [0.4, 0.5) is 0 Å². The van der Waals surface area contributed by atoms with E-state index in [2.05, 4.69) is 4.74 Å². The van der Waals surface area contributed by atoms with Crippen LogP contribution in [-0.2, 0) is 9.53 Å². The molecule has 0 aromatic carbocycles. The lowest BCUT2D eigenvalue weighted by molar-refractivity contribution is -0.162. The standard InChI is InChI=1S/C9H14O4/c1-5-4-6(10)9(2,7(5)11)8(12)13-3/h4,6-7,10-11H,1-3H3/t6-,7?,9+/m1/s1. The van der Waals surface area contributed by atoms with Gasteiger partial charge in [-0.1, -0.05) is 6.08 Å². The molecule has 1 aliphatic carbocycles. The quantitative estimate of drug-likeness (QED) is 0.441. The maximum absolute atomic E-state index is 11.3. The Morgan fingerprint density at radius 3 is 2.46 bits per heavy atom. The van der Waals surface area contributed by atoms with Crippen molar-refractivity contribution >= 4 is 5.97 Å². The summed E-state index contributed by atoms with van der Waals surface area (Å²) in [5, 5.41) is 19.2. The number of methoxy groups -OCH3 is 1. The third-order valence-electron chi connectivity index (χ3n) is 2.66. The zero-order valence-corrected chi connectivity index (χ0v) is 7.94. The van der Waals surface area contributed by atoms with E-state index in [1.165, 1.54) is 20.1 Å². The maximum Gasteiger partial charge on any atom is 0.317 e. The lowest BCUT2D eigenvalue weighted by atomic mass is 9.82. The van der Waals surface area contributed by atoms with E-state index in [9.17, 15) is 15.0 Å². The molecule has 0 saturated carbocycles. The van der Waals surface area contributed by atoms with Crippen molar-refractivity contribution in [2.24, 2.45) is 5.41 Å². The monoisotopic (exact) mass is 186 g/mol. The Kier molecular flexibility index (Phi) is 2.45. The number of rotatable bonds is 1. The van der Waals surface area contributed by atoms with Gasteiger partial charge in [0.05, 0.1) is 19.3 Å². The second kappa shape index (κ2) is 3.12. The maximum atomic E-state index is 11.3. The molecule has 3 atom stereocenters. The Hall–Kier alpha value is -0.870. The summed E-state index contributed by atoms with van der Waals surface area (Å²) in [4.78, 5) is 11.3. The zero-order valence-electron chi connectivity index (χ0n) is 7.94. The summed E-state index contributed by atoms with van der Waals surface area (Å²) >= 11 is 0. The van der Waals surface area contributed by atoms with E-state index in [0.717, 1.165) is 0 Å². The van der Waals surface area contributed by atoms with Crippen molar-refractivity contribution in [3.8, 4) is 0 Å². The van der Waals surface area contributed by atoms with Crippen LogP contribution in [0.5, 0.6) is 0 Å². The van der Waals surface area contributed by atoms with Gasteiger partial charge in [0.1, 0.15) is 5.41 Å². The van der Waals surface area contributed by atoms with Gasteiger partial charge in [-0.25, -0.2) is 0 Å². The van der Waals surface area contributed by atoms with Crippen LogP contribution in [0.15, 0.2) is 11.6 Å². The molecule has 0 saturated heterocycles. The Bertz CT molecular complexity index is 258. The van der Waals surface area contributed by atoms with Crippen molar-refractivity contribution in [1.82, 2.24) is 0 Å². The molecule has 1 aliphatic rings. The Balaban J connectivity index is 2.99. The van der Waals surface area contributed by atoms with Crippen molar-refractivity contribution in [3.05, 3.63) is 11.6 Å². The van der Waals surface area contributed by atoms with Crippen LogP contribution in [0.2, 0.25) is 0 Å². The first kappa shape index (κ1) is 10.2. The third kappa shape index (κ3) is 1.26. The van der Waals surface area contributed by atoms with Crippen molar-refractivity contribution in [3.63, 3.8) is 0 Å². The molecule has 0 aromatic rings. The van der Waals surface area contributed by atoms with Gasteiger partial charge >= 0.3 is 5.97 Å². The fourth-order valence-corrected chi connectivity index (χ4v) is 1.60. The van der Waals surface area contributed by atoms with Gasteiger partial charge in [-0.15, -0.1) is 0 Å². The average Bonchev–Trinajstić information content (AvgIpc) is 2.30. The van der Waals surface area contributed by atoms with E-state index >= 15 is 0 Å². The number of carbonyl (C=O) groups excluding carboxylic acids is 1. The molecule has 0 heterocycles. The van der Waals surface area contributed by atoms with Crippen molar-refractivity contribution in [2.75, 3.05) is 7.11 Å². The summed E-state index contributed by atoms with van der Waals surface area (Å²) in [5.41, 5.74) is -0.654. The van der Waals surface area contributed by atoms with Gasteiger partial charge in [-0.05, 0) is 19.4 Å². The molecule has 0 bridgehead atoms. The highest BCUT2D eigenvalue weighted by Crippen LogP contribution is 2.38. The predicted octanol–water partition coefficient (Wildman–Crippen LogP) is -0.153. The molecule has 2 N–H and O–H groups in total. The Morgan fingerprint density at radius 1 is 1.62 bits per heavy atom. The van der Waals surface area contributed by atoms with Crippen LogP contribution in [-0.4, -0.2) is 35.5 Å². The van der Waals surface area contributed by atoms with E-state index in [-0.39, 0.29) is 0 Å². The molecule has 4 nitrogen and oxygen atoms in total. The van der Waals surface area contributed by atoms with Gasteiger partial charge in [0, 0.05) is 0 Å². The summed E-state index contributed by atoms with van der Waals surface area (Å²) in [7, 11) is 1.24. The summed E-state index contributed by atoms with van der Waals surface area (Å²) in [6.45, 7) is 3.16. The molecule has 1 unspecified atom stereocenters.